The molecule has 2 atom stereocenters. The summed E-state index contributed by atoms with van der Waals surface area (Å²) in [5, 5.41) is 9.77. The van der Waals surface area contributed by atoms with Crippen molar-refractivity contribution in [3.63, 3.8) is 0 Å². The molecule has 5 heteroatoms. The molecule has 1 saturated heterocycles. The average molecular weight is 369 g/mol. The largest absolute Gasteiger partial charge is 0.497 e. The second kappa shape index (κ2) is 8.01. The predicted octanol–water partition coefficient (Wildman–Crippen LogP) is 3.96. The fourth-order valence-corrected chi connectivity index (χ4v) is 4.13. The van der Waals surface area contributed by atoms with Crippen LogP contribution in [0.25, 0.3) is 0 Å². The van der Waals surface area contributed by atoms with Gasteiger partial charge in [-0.2, -0.15) is 0 Å². The van der Waals surface area contributed by atoms with Crippen molar-refractivity contribution in [2.75, 3.05) is 20.8 Å². The summed E-state index contributed by atoms with van der Waals surface area (Å²) < 4.78 is 11.1. The molecule has 2 aromatic rings. The van der Waals surface area contributed by atoms with Crippen molar-refractivity contribution >= 4 is 5.97 Å². The quantitative estimate of drug-likeness (QED) is 0.835. The van der Waals surface area contributed by atoms with E-state index in [4.69, 9.17) is 9.47 Å². The third kappa shape index (κ3) is 3.93. The van der Waals surface area contributed by atoms with Crippen LogP contribution in [0, 0.1) is 13.8 Å². The molecule has 3 rings (SSSR count). The lowest BCUT2D eigenvalue weighted by molar-refractivity contribution is -0.142. The van der Waals surface area contributed by atoms with Gasteiger partial charge in [0.1, 0.15) is 17.5 Å². The van der Waals surface area contributed by atoms with Crippen LogP contribution in [0.3, 0.4) is 0 Å². The van der Waals surface area contributed by atoms with Gasteiger partial charge in [0.2, 0.25) is 0 Å². The van der Waals surface area contributed by atoms with Gasteiger partial charge in [-0.05, 0) is 50.5 Å². The number of aryl methyl sites for hydroxylation is 2. The van der Waals surface area contributed by atoms with Gasteiger partial charge in [-0.25, -0.2) is 0 Å². The van der Waals surface area contributed by atoms with Crippen LogP contribution in [0.5, 0.6) is 11.5 Å². The number of rotatable bonds is 6. The smallest absolute Gasteiger partial charge is 0.320 e. The summed E-state index contributed by atoms with van der Waals surface area (Å²) in [6, 6.07) is 11.4. The minimum absolute atomic E-state index is 0.211. The van der Waals surface area contributed by atoms with Crippen LogP contribution >= 0.6 is 0 Å². The molecule has 27 heavy (non-hydrogen) atoms. The SMILES string of the molecule is COc1ccc(OC)c(C(c2cc(C)cc(C)c2)N2CCCC2C(=O)O)c1. The molecule has 1 aliphatic rings. The highest BCUT2D eigenvalue weighted by atomic mass is 16.5. The fourth-order valence-electron chi connectivity index (χ4n) is 4.13. The Morgan fingerprint density at radius 2 is 1.81 bits per heavy atom. The van der Waals surface area contributed by atoms with Gasteiger partial charge in [0.25, 0.3) is 0 Å². The lowest BCUT2D eigenvalue weighted by Gasteiger charge is -2.33. The maximum absolute atomic E-state index is 11.9. The zero-order chi connectivity index (χ0) is 19.6. The number of benzene rings is 2. The molecule has 2 unspecified atom stereocenters. The van der Waals surface area contributed by atoms with E-state index in [1.54, 1.807) is 14.2 Å². The molecule has 1 heterocycles. The number of ether oxygens (including phenoxy) is 2. The standard InChI is InChI=1S/C22H27NO4/c1-14-10-15(2)12-16(11-14)21(23-9-5-6-19(23)22(24)25)18-13-17(26-3)7-8-20(18)27-4/h7-8,10-13,19,21H,5-6,9H2,1-4H3,(H,24,25). The van der Waals surface area contributed by atoms with E-state index in [1.165, 1.54) is 0 Å². The maximum Gasteiger partial charge on any atom is 0.320 e. The highest BCUT2D eigenvalue weighted by molar-refractivity contribution is 5.74. The second-order valence-corrected chi connectivity index (χ2v) is 7.17. The first-order valence-corrected chi connectivity index (χ1v) is 9.23. The minimum atomic E-state index is -0.774. The number of methoxy groups -OCH3 is 2. The van der Waals surface area contributed by atoms with Crippen molar-refractivity contribution in [1.29, 1.82) is 0 Å². The molecule has 0 amide bonds. The number of hydrogen-bond acceptors (Lipinski definition) is 4. The normalized spacial score (nSPS) is 18.3. The van der Waals surface area contributed by atoms with Gasteiger partial charge in [-0.1, -0.05) is 29.3 Å². The van der Waals surface area contributed by atoms with Crippen molar-refractivity contribution in [2.24, 2.45) is 0 Å². The summed E-state index contributed by atoms with van der Waals surface area (Å²) in [4.78, 5) is 14.0. The summed E-state index contributed by atoms with van der Waals surface area (Å²) in [6.45, 7) is 4.86. The van der Waals surface area contributed by atoms with Crippen molar-refractivity contribution in [1.82, 2.24) is 4.90 Å². The van der Waals surface area contributed by atoms with Crippen molar-refractivity contribution in [3.8, 4) is 11.5 Å². The predicted molar refractivity (Wildman–Crippen MR) is 105 cm³/mol. The number of likely N-dealkylation sites (tertiary alicyclic amines) is 1. The molecule has 0 saturated carbocycles. The monoisotopic (exact) mass is 369 g/mol. The molecule has 1 fully saturated rings. The van der Waals surface area contributed by atoms with Crippen LogP contribution in [0.4, 0.5) is 0 Å². The van der Waals surface area contributed by atoms with Crippen LogP contribution in [-0.4, -0.2) is 42.8 Å². The minimum Gasteiger partial charge on any atom is -0.497 e. The summed E-state index contributed by atoms with van der Waals surface area (Å²) in [5.74, 6) is 0.686. The van der Waals surface area contributed by atoms with Crippen LogP contribution in [0.2, 0.25) is 0 Å². The molecule has 0 radical (unpaired) electrons. The zero-order valence-corrected chi connectivity index (χ0v) is 16.4. The summed E-state index contributed by atoms with van der Waals surface area (Å²) >= 11 is 0. The molecule has 144 valence electrons. The van der Waals surface area contributed by atoms with Gasteiger partial charge < -0.3 is 14.6 Å². The van der Waals surface area contributed by atoms with E-state index < -0.39 is 12.0 Å². The topological polar surface area (TPSA) is 59.0 Å². The summed E-state index contributed by atoms with van der Waals surface area (Å²) in [7, 11) is 3.27. The Bertz CT molecular complexity index is 813. The first-order chi connectivity index (χ1) is 12.9. The Hall–Kier alpha value is -2.53. The van der Waals surface area contributed by atoms with Crippen LogP contribution in [0.15, 0.2) is 36.4 Å². The van der Waals surface area contributed by atoms with E-state index in [-0.39, 0.29) is 6.04 Å². The number of aliphatic carboxylic acids is 1. The van der Waals surface area contributed by atoms with E-state index in [9.17, 15) is 9.90 Å². The zero-order valence-electron chi connectivity index (χ0n) is 16.4. The number of hydrogen-bond donors (Lipinski definition) is 1. The Labute approximate surface area is 160 Å². The van der Waals surface area contributed by atoms with Crippen LogP contribution in [-0.2, 0) is 4.79 Å². The lowest BCUT2D eigenvalue weighted by atomic mass is 9.92. The van der Waals surface area contributed by atoms with Gasteiger partial charge in [-0.15, -0.1) is 0 Å². The molecule has 2 aromatic carbocycles. The third-order valence-corrected chi connectivity index (χ3v) is 5.20. The van der Waals surface area contributed by atoms with Gasteiger partial charge in [0, 0.05) is 12.1 Å². The van der Waals surface area contributed by atoms with E-state index in [1.807, 2.05) is 18.2 Å². The van der Waals surface area contributed by atoms with Gasteiger partial charge >= 0.3 is 5.97 Å². The van der Waals surface area contributed by atoms with E-state index in [2.05, 4.69) is 36.9 Å². The Morgan fingerprint density at radius 3 is 2.41 bits per heavy atom. The second-order valence-electron chi connectivity index (χ2n) is 7.17. The first-order valence-electron chi connectivity index (χ1n) is 9.23. The maximum atomic E-state index is 11.9. The van der Waals surface area contributed by atoms with E-state index in [0.717, 1.165) is 46.7 Å². The lowest BCUT2D eigenvalue weighted by Crippen LogP contribution is -2.39. The number of carbonyl (C=O) groups is 1. The fraction of sp³-hybridized carbons (Fsp3) is 0.409. The Morgan fingerprint density at radius 1 is 1.11 bits per heavy atom. The molecule has 0 bridgehead atoms. The number of carboxylic acid groups (broad SMARTS) is 1. The van der Waals surface area contributed by atoms with E-state index in [0.29, 0.717) is 6.42 Å². The molecule has 5 nitrogen and oxygen atoms in total. The van der Waals surface area contributed by atoms with E-state index >= 15 is 0 Å². The van der Waals surface area contributed by atoms with Crippen LogP contribution in [0.1, 0.15) is 41.1 Å². The number of carboxylic acids is 1. The molecule has 1 aliphatic heterocycles. The van der Waals surface area contributed by atoms with Gasteiger partial charge in [0.15, 0.2) is 0 Å². The molecule has 0 aliphatic carbocycles. The van der Waals surface area contributed by atoms with Crippen molar-refractivity contribution in [2.45, 2.75) is 38.8 Å². The van der Waals surface area contributed by atoms with Gasteiger partial charge in [0.05, 0.1) is 20.3 Å². The Balaban J connectivity index is 2.20. The molecule has 1 N–H and O–H groups in total. The average Bonchev–Trinajstić information content (AvgIpc) is 3.10. The Kier molecular flexibility index (Phi) is 5.71. The van der Waals surface area contributed by atoms with Crippen molar-refractivity contribution in [3.05, 3.63) is 58.7 Å². The summed E-state index contributed by atoms with van der Waals surface area (Å²) in [6.07, 6.45) is 1.52. The van der Waals surface area contributed by atoms with Gasteiger partial charge in [-0.3, -0.25) is 9.69 Å². The summed E-state index contributed by atoms with van der Waals surface area (Å²) in [5.41, 5.74) is 4.31. The highest BCUT2D eigenvalue weighted by Crippen LogP contribution is 2.41. The molecule has 0 spiro atoms. The highest BCUT2D eigenvalue weighted by Gasteiger charge is 2.38. The number of nitrogens with zero attached hydrogens (tertiary/aromatic N) is 1. The van der Waals surface area contributed by atoms with Crippen molar-refractivity contribution < 1.29 is 19.4 Å². The molecular weight excluding hydrogens is 342 g/mol. The third-order valence-electron chi connectivity index (χ3n) is 5.20. The molecule has 0 aromatic heterocycles. The first kappa shape index (κ1) is 19.2. The molecular formula is C22H27NO4. The van der Waals surface area contributed by atoms with Crippen LogP contribution < -0.4 is 9.47 Å².